The third-order valence-electron chi connectivity index (χ3n) is 5.10. The monoisotopic (exact) mass is 458 g/mol. The summed E-state index contributed by atoms with van der Waals surface area (Å²) >= 11 is 1.44. The van der Waals surface area contributed by atoms with E-state index in [9.17, 15) is 24.6 Å². The van der Waals surface area contributed by atoms with E-state index in [4.69, 9.17) is 5.73 Å². The zero-order valence-electron chi connectivity index (χ0n) is 17.4. The summed E-state index contributed by atoms with van der Waals surface area (Å²) in [6.45, 7) is 1.92. The van der Waals surface area contributed by atoms with Crippen LogP contribution in [0.4, 0.5) is 10.5 Å². The molecule has 7 N–H and O–H groups in total. The Morgan fingerprint density at radius 3 is 2.53 bits per heavy atom. The third kappa shape index (κ3) is 6.16. The number of thiophene rings is 1. The molecule has 0 saturated heterocycles. The van der Waals surface area contributed by atoms with Gasteiger partial charge in [0.25, 0.3) is 0 Å². The van der Waals surface area contributed by atoms with Crippen molar-refractivity contribution in [3.63, 3.8) is 0 Å². The second kappa shape index (κ2) is 10.4. The highest BCUT2D eigenvalue weighted by molar-refractivity contribution is 7.09. The standard InChI is InChI=1S/C22H26N4O5S/c1-12-4-6-14(7-5-12)24-22(31)26-16-9-13(10-18(27)19(16)28)21(30)25-17(20(23)29)11-15-3-2-8-32-15/h2-9,16-19,27-28H,10-11H2,1H3,(H2,23,29)(H,25,30)(H2,24,26,31)/t16-,17+,18-,19-/m1/s1. The Morgan fingerprint density at radius 1 is 1.19 bits per heavy atom. The minimum absolute atomic E-state index is 0.130. The number of anilines is 1. The van der Waals surface area contributed by atoms with Crippen molar-refractivity contribution >= 4 is 34.9 Å². The molecule has 2 aromatic rings. The molecular formula is C22H26N4O5S. The molecule has 0 bridgehead atoms. The number of carbonyl (C=O) groups is 3. The highest BCUT2D eigenvalue weighted by atomic mass is 32.1. The van der Waals surface area contributed by atoms with E-state index in [-0.39, 0.29) is 18.4 Å². The summed E-state index contributed by atoms with van der Waals surface area (Å²) in [5.41, 5.74) is 7.16. The molecule has 0 radical (unpaired) electrons. The van der Waals surface area contributed by atoms with Crippen LogP contribution in [-0.2, 0) is 16.0 Å². The van der Waals surface area contributed by atoms with Crippen LogP contribution in [0.2, 0.25) is 0 Å². The first-order valence-electron chi connectivity index (χ1n) is 10.1. The fraction of sp³-hybridized carbons (Fsp3) is 0.318. The lowest BCUT2D eigenvalue weighted by molar-refractivity contribution is -0.125. The molecule has 4 atom stereocenters. The molecule has 170 valence electrons. The molecule has 0 spiro atoms. The van der Waals surface area contributed by atoms with E-state index in [2.05, 4.69) is 16.0 Å². The summed E-state index contributed by atoms with van der Waals surface area (Å²) in [5.74, 6) is -1.28. The first kappa shape index (κ1) is 23.5. The summed E-state index contributed by atoms with van der Waals surface area (Å²) in [5, 5.41) is 30.1. The second-order valence-electron chi connectivity index (χ2n) is 7.66. The molecule has 0 saturated carbocycles. The van der Waals surface area contributed by atoms with Crippen molar-refractivity contribution in [1.29, 1.82) is 0 Å². The lowest BCUT2D eigenvalue weighted by Gasteiger charge is -2.31. The fourth-order valence-electron chi connectivity index (χ4n) is 3.32. The van der Waals surface area contributed by atoms with Crippen LogP contribution < -0.4 is 21.7 Å². The third-order valence-corrected chi connectivity index (χ3v) is 6.00. The van der Waals surface area contributed by atoms with Crippen molar-refractivity contribution in [2.24, 2.45) is 5.73 Å². The van der Waals surface area contributed by atoms with Crippen LogP contribution in [0.1, 0.15) is 16.9 Å². The van der Waals surface area contributed by atoms with Crippen molar-refractivity contribution in [2.45, 2.75) is 44.1 Å². The number of amides is 4. The number of aryl methyl sites for hydroxylation is 1. The Morgan fingerprint density at radius 2 is 1.91 bits per heavy atom. The van der Waals surface area contributed by atoms with Crippen LogP contribution >= 0.6 is 11.3 Å². The van der Waals surface area contributed by atoms with Crippen LogP contribution in [-0.4, -0.2) is 52.4 Å². The number of nitrogens with two attached hydrogens (primary N) is 1. The van der Waals surface area contributed by atoms with E-state index < -0.39 is 42.1 Å². The molecule has 0 aliphatic heterocycles. The fourth-order valence-corrected chi connectivity index (χ4v) is 4.08. The van der Waals surface area contributed by atoms with Gasteiger partial charge < -0.3 is 31.9 Å². The SMILES string of the molecule is Cc1ccc(NC(=O)N[C@@H]2C=C(C(=O)N[C@@H](Cc3cccs3)C(N)=O)C[C@@H](O)[C@@H]2O)cc1. The first-order chi connectivity index (χ1) is 15.2. The topological polar surface area (TPSA) is 154 Å². The number of aliphatic hydroxyl groups is 2. The first-order valence-corrected chi connectivity index (χ1v) is 10.9. The highest BCUT2D eigenvalue weighted by Gasteiger charge is 2.34. The number of aliphatic hydroxyl groups excluding tert-OH is 2. The zero-order chi connectivity index (χ0) is 23.3. The number of benzene rings is 1. The van der Waals surface area contributed by atoms with Gasteiger partial charge in [-0.25, -0.2) is 4.79 Å². The second-order valence-corrected chi connectivity index (χ2v) is 8.69. The van der Waals surface area contributed by atoms with Crippen LogP contribution in [0.25, 0.3) is 0 Å². The number of nitrogens with one attached hydrogen (secondary N) is 3. The normalized spacial score (nSPS) is 21.2. The van der Waals surface area contributed by atoms with Crippen molar-refractivity contribution in [3.05, 3.63) is 63.9 Å². The molecule has 10 heteroatoms. The molecule has 4 amide bonds. The van der Waals surface area contributed by atoms with E-state index in [1.807, 2.05) is 36.6 Å². The summed E-state index contributed by atoms with van der Waals surface area (Å²) in [6, 6.07) is 8.26. The minimum Gasteiger partial charge on any atom is -0.390 e. The molecule has 9 nitrogen and oxygen atoms in total. The van der Waals surface area contributed by atoms with Gasteiger partial charge in [0, 0.05) is 29.0 Å². The van der Waals surface area contributed by atoms with Gasteiger partial charge in [-0.3, -0.25) is 9.59 Å². The van der Waals surface area contributed by atoms with Crippen molar-refractivity contribution in [2.75, 3.05) is 5.32 Å². The molecule has 1 aromatic heterocycles. The Bertz CT molecular complexity index is 990. The Balaban J connectivity index is 1.67. The number of urea groups is 1. The Hall–Kier alpha value is -3.21. The largest absolute Gasteiger partial charge is 0.390 e. The van der Waals surface area contributed by atoms with Gasteiger partial charge in [0.15, 0.2) is 0 Å². The van der Waals surface area contributed by atoms with E-state index in [0.29, 0.717) is 5.69 Å². The lowest BCUT2D eigenvalue weighted by Crippen LogP contribution is -2.53. The van der Waals surface area contributed by atoms with E-state index in [0.717, 1.165) is 10.4 Å². The molecule has 32 heavy (non-hydrogen) atoms. The Labute approximate surface area is 189 Å². The summed E-state index contributed by atoms with van der Waals surface area (Å²) in [7, 11) is 0. The average molecular weight is 459 g/mol. The van der Waals surface area contributed by atoms with Gasteiger partial charge in [0.05, 0.1) is 12.1 Å². The highest BCUT2D eigenvalue weighted by Crippen LogP contribution is 2.21. The van der Waals surface area contributed by atoms with Crippen LogP contribution in [0.5, 0.6) is 0 Å². The zero-order valence-corrected chi connectivity index (χ0v) is 18.3. The predicted octanol–water partition coefficient (Wildman–Crippen LogP) is 0.811. The van der Waals surface area contributed by atoms with Crippen LogP contribution in [0.15, 0.2) is 53.4 Å². The predicted molar refractivity (Wildman–Crippen MR) is 121 cm³/mol. The molecule has 3 rings (SSSR count). The van der Waals surface area contributed by atoms with Crippen molar-refractivity contribution in [1.82, 2.24) is 10.6 Å². The number of rotatable bonds is 7. The van der Waals surface area contributed by atoms with Crippen molar-refractivity contribution < 1.29 is 24.6 Å². The molecule has 1 aliphatic rings. The number of hydrogen-bond acceptors (Lipinski definition) is 6. The van der Waals surface area contributed by atoms with Gasteiger partial charge >= 0.3 is 6.03 Å². The molecule has 0 unspecified atom stereocenters. The van der Waals surface area contributed by atoms with Gasteiger partial charge in [-0.15, -0.1) is 11.3 Å². The van der Waals surface area contributed by atoms with Gasteiger partial charge in [0.2, 0.25) is 11.8 Å². The smallest absolute Gasteiger partial charge is 0.319 e. The molecule has 1 heterocycles. The van der Waals surface area contributed by atoms with E-state index in [1.165, 1.54) is 17.4 Å². The molecule has 0 fully saturated rings. The Kier molecular flexibility index (Phi) is 7.62. The number of primary amides is 1. The van der Waals surface area contributed by atoms with E-state index >= 15 is 0 Å². The summed E-state index contributed by atoms with van der Waals surface area (Å²) in [6.07, 6.45) is -1.07. The minimum atomic E-state index is -1.30. The maximum atomic E-state index is 12.7. The molecule has 1 aromatic carbocycles. The molecular weight excluding hydrogens is 432 g/mol. The number of hydrogen-bond donors (Lipinski definition) is 6. The van der Waals surface area contributed by atoms with Gasteiger partial charge in [-0.05, 0) is 30.5 Å². The quantitative estimate of drug-likeness (QED) is 0.362. The average Bonchev–Trinajstić information content (AvgIpc) is 3.25. The van der Waals surface area contributed by atoms with Gasteiger partial charge in [-0.1, -0.05) is 29.8 Å². The maximum Gasteiger partial charge on any atom is 0.319 e. The van der Waals surface area contributed by atoms with Crippen LogP contribution in [0.3, 0.4) is 0 Å². The van der Waals surface area contributed by atoms with Crippen molar-refractivity contribution in [3.8, 4) is 0 Å². The summed E-state index contributed by atoms with van der Waals surface area (Å²) < 4.78 is 0. The summed E-state index contributed by atoms with van der Waals surface area (Å²) in [4.78, 5) is 37.8. The van der Waals surface area contributed by atoms with Gasteiger partial charge in [-0.2, -0.15) is 0 Å². The van der Waals surface area contributed by atoms with Crippen LogP contribution in [0, 0.1) is 6.92 Å². The number of carbonyl (C=O) groups excluding carboxylic acids is 3. The lowest BCUT2D eigenvalue weighted by atomic mass is 9.90. The maximum absolute atomic E-state index is 12.7. The molecule has 1 aliphatic carbocycles. The van der Waals surface area contributed by atoms with E-state index in [1.54, 1.807) is 12.1 Å². The van der Waals surface area contributed by atoms with Gasteiger partial charge in [0.1, 0.15) is 12.1 Å².